The smallest absolute Gasteiger partial charge is 0.341 e. The molecule has 23 heavy (non-hydrogen) atoms. The van der Waals surface area contributed by atoms with Crippen molar-refractivity contribution < 1.29 is 9.90 Å². The molecule has 1 aliphatic heterocycles. The fourth-order valence-electron chi connectivity index (χ4n) is 2.65. The second-order valence-electron chi connectivity index (χ2n) is 6.70. The number of nitrogens with one attached hydrogen (secondary N) is 1. The van der Waals surface area contributed by atoms with Crippen LogP contribution in [0.1, 0.15) is 33.6 Å². The molecule has 0 spiro atoms. The molecule has 127 valence electrons. The molecule has 1 radical (unpaired) electrons. The number of hydrogen-bond donors (Lipinski definition) is 2. The maximum atomic E-state index is 11.9. The van der Waals surface area contributed by atoms with Gasteiger partial charge < -0.3 is 15.3 Å². The lowest BCUT2D eigenvalue weighted by Crippen LogP contribution is -2.40. The molecular formula is C18H28N3O2. The van der Waals surface area contributed by atoms with Crippen molar-refractivity contribution in [2.45, 2.75) is 39.7 Å². The molecule has 0 saturated carbocycles. The van der Waals surface area contributed by atoms with Gasteiger partial charge in [0.25, 0.3) is 0 Å². The van der Waals surface area contributed by atoms with Gasteiger partial charge in [-0.2, -0.15) is 5.32 Å². The SMILES string of the molecule is CC1CCN(c2ccc([N]C(=O)NC(C)C(C)CO)cc2)CC1. The molecule has 1 aromatic carbocycles. The Morgan fingerprint density at radius 2 is 1.91 bits per heavy atom. The summed E-state index contributed by atoms with van der Waals surface area (Å²) in [5.41, 5.74) is 1.85. The van der Waals surface area contributed by atoms with Crippen LogP contribution in [-0.2, 0) is 0 Å². The molecule has 5 nitrogen and oxygen atoms in total. The third kappa shape index (κ3) is 5.13. The lowest BCUT2D eigenvalue weighted by atomic mass is 9.99. The average Bonchev–Trinajstić information content (AvgIpc) is 2.55. The average molecular weight is 318 g/mol. The van der Waals surface area contributed by atoms with Gasteiger partial charge in [0.15, 0.2) is 0 Å². The zero-order valence-electron chi connectivity index (χ0n) is 14.3. The number of carbonyl (C=O) groups is 1. The largest absolute Gasteiger partial charge is 0.396 e. The lowest BCUT2D eigenvalue weighted by Gasteiger charge is -2.32. The summed E-state index contributed by atoms with van der Waals surface area (Å²) < 4.78 is 0. The van der Waals surface area contributed by atoms with Crippen LogP contribution in [0.25, 0.3) is 0 Å². The number of rotatable bonds is 5. The highest BCUT2D eigenvalue weighted by molar-refractivity contribution is 5.79. The molecule has 1 aromatic rings. The van der Waals surface area contributed by atoms with Gasteiger partial charge in [-0.3, -0.25) is 0 Å². The van der Waals surface area contributed by atoms with Crippen LogP contribution < -0.4 is 15.5 Å². The Morgan fingerprint density at radius 1 is 1.30 bits per heavy atom. The highest BCUT2D eigenvalue weighted by atomic mass is 16.3. The van der Waals surface area contributed by atoms with Crippen LogP contribution in [0.2, 0.25) is 0 Å². The Morgan fingerprint density at radius 3 is 2.48 bits per heavy atom. The van der Waals surface area contributed by atoms with E-state index in [9.17, 15) is 4.79 Å². The number of amides is 2. The van der Waals surface area contributed by atoms with Gasteiger partial charge in [-0.15, -0.1) is 0 Å². The van der Waals surface area contributed by atoms with Gasteiger partial charge in [0.1, 0.15) is 0 Å². The molecule has 2 rings (SSSR count). The second-order valence-corrected chi connectivity index (χ2v) is 6.70. The van der Waals surface area contributed by atoms with Crippen LogP contribution in [0.3, 0.4) is 0 Å². The summed E-state index contributed by atoms with van der Waals surface area (Å²) in [4.78, 5) is 14.3. The molecule has 0 aliphatic carbocycles. The zero-order chi connectivity index (χ0) is 16.8. The predicted octanol–water partition coefficient (Wildman–Crippen LogP) is 2.89. The maximum Gasteiger partial charge on any atom is 0.341 e. The van der Waals surface area contributed by atoms with Crippen molar-refractivity contribution in [3.05, 3.63) is 24.3 Å². The monoisotopic (exact) mass is 318 g/mol. The Kier molecular flexibility index (Phi) is 6.28. The first-order chi connectivity index (χ1) is 11.0. The van der Waals surface area contributed by atoms with E-state index < -0.39 is 0 Å². The van der Waals surface area contributed by atoms with Gasteiger partial charge in [-0.1, -0.05) is 13.8 Å². The van der Waals surface area contributed by atoms with E-state index in [0.29, 0.717) is 5.69 Å². The fraction of sp³-hybridized carbons (Fsp3) is 0.611. The summed E-state index contributed by atoms with van der Waals surface area (Å²) in [6.07, 6.45) is 2.46. The first-order valence-corrected chi connectivity index (χ1v) is 8.47. The third-order valence-electron chi connectivity index (χ3n) is 4.72. The lowest BCUT2D eigenvalue weighted by molar-refractivity contribution is 0.201. The van der Waals surface area contributed by atoms with Crippen LogP contribution >= 0.6 is 0 Å². The van der Waals surface area contributed by atoms with Crippen molar-refractivity contribution >= 4 is 17.4 Å². The van der Waals surface area contributed by atoms with Crippen molar-refractivity contribution in [3.8, 4) is 0 Å². The molecule has 2 unspecified atom stereocenters. The molecule has 1 saturated heterocycles. The number of hydrogen-bond acceptors (Lipinski definition) is 3. The van der Waals surface area contributed by atoms with Gasteiger partial charge >= 0.3 is 6.03 Å². The van der Waals surface area contributed by atoms with Crippen molar-refractivity contribution in [1.82, 2.24) is 10.6 Å². The molecular weight excluding hydrogens is 290 g/mol. The zero-order valence-corrected chi connectivity index (χ0v) is 14.3. The minimum atomic E-state index is -0.364. The first kappa shape index (κ1) is 17.6. The quantitative estimate of drug-likeness (QED) is 0.877. The molecule has 2 amide bonds. The number of carbonyl (C=O) groups excluding carboxylic acids is 1. The fourth-order valence-corrected chi connectivity index (χ4v) is 2.65. The van der Waals surface area contributed by atoms with Crippen molar-refractivity contribution in [2.24, 2.45) is 11.8 Å². The number of aliphatic hydroxyl groups is 1. The summed E-state index contributed by atoms with van der Waals surface area (Å²) in [6.45, 7) is 8.29. The van der Waals surface area contributed by atoms with Crippen LogP contribution in [0.4, 0.5) is 16.2 Å². The van der Waals surface area contributed by atoms with E-state index in [2.05, 4.69) is 22.5 Å². The van der Waals surface area contributed by atoms with E-state index in [4.69, 9.17) is 5.11 Å². The Balaban J connectivity index is 1.86. The predicted molar refractivity (Wildman–Crippen MR) is 93.1 cm³/mol. The highest BCUT2D eigenvalue weighted by Gasteiger charge is 2.17. The second kappa shape index (κ2) is 8.20. The summed E-state index contributed by atoms with van der Waals surface area (Å²) in [6, 6.07) is 7.35. The maximum absolute atomic E-state index is 11.9. The van der Waals surface area contributed by atoms with E-state index in [1.807, 2.05) is 38.1 Å². The number of nitrogens with zero attached hydrogens (tertiary/aromatic N) is 2. The first-order valence-electron chi connectivity index (χ1n) is 8.47. The summed E-state index contributed by atoms with van der Waals surface area (Å²) >= 11 is 0. The standard InChI is InChI=1S/C18H28N3O2/c1-13-8-10-21(11-9-13)17-6-4-16(5-7-17)20-18(23)19-15(3)14(2)12-22/h4-7,13-15,22H,8-12H2,1-3H3,(H,19,23). The minimum absolute atomic E-state index is 0.0121. The molecule has 0 bridgehead atoms. The molecule has 0 aromatic heterocycles. The Hall–Kier alpha value is -1.75. The molecule has 1 heterocycles. The number of benzene rings is 1. The van der Waals surface area contributed by atoms with Gasteiger partial charge in [0.05, 0.1) is 5.69 Å². The van der Waals surface area contributed by atoms with Crippen LogP contribution in [0.15, 0.2) is 24.3 Å². The van der Waals surface area contributed by atoms with E-state index in [-0.39, 0.29) is 24.6 Å². The molecule has 2 atom stereocenters. The molecule has 5 heteroatoms. The van der Waals surface area contributed by atoms with E-state index >= 15 is 0 Å². The molecule has 1 aliphatic rings. The molecule has 1 fully saturated rings. The van der Waals surface area contributed by atoms with E-state index in [1.165, 1.54) is 18.5 Å². The number of anilines is 1. The summed E-state index contributed by atoms with van der Waals surface area (Å²) in [7, 11) is 0. The Labute approximate surface area is 139 Å². The van der Waals surface area contributed by atoms with E-state index in [0.717, 1.165) is 19.0 Å². The van der Waals surface area contributed by atoms with Gasteiger partial charge in [-0.25, -0.2) is 4.79 Å². The third-order valence-corrected chi connectivity index (χ3v) is 4.72. The Bertz CT molecular complexity index is 495. The number of piperidine rings is 1. The van der Waals surface area contributed by atoms with E-state index in [1.54, 1.807) is 0 Å². The molecule has 2 N–H and O–H groups in total. The van der Waals surface area contributed by atoms with Crippen LogP contribution in [0.5, 0.6) is 0 Å². The van der Waals surface area contributed by atoms with Crippen LogP contribution in [0, 0.1) is 11.8 Å². The highest BCUT2D eigenvalue weighted by Crippen LogP contribution is 2.24. The van der Waals surface area contributed by atoms with Crippen molar-refractivity contribution in [1.29, 1.82) is 0 Å². The van der Waals surface area contributed by atoms with Gasteiger partial charge in [-0.05, 0) is 55.9 Å². The van der Waals surface area contributed by atoms with Crippen LogP contribution in [-0.4, -0.2) is 36.9 Å². The van der Waals surface area contributed by atoms with Crippen molar-refractivity contribution in [2.75, 3.05) is 24.6 Å². The van der Waals surface area contributed by atoms with Gasteiger partial charge in [0, 0.05) is 31.4 Å². The number of urea groups is 1. The normalized spacial score (nSPS) is 18.3. The van der Waals surface area contributed by atoms with Crippen molar-refractivity contribution in [3.63, 3.8) is 0 Å². The number of aliphatic hydroxyl groups excluding tert-OH is 1. The summed E-state index contributed by atoms with van der Waals surface area (Å²) in [5, 5.41) is 15.9. The summed E-state index contributed by atoms with van der Waals surface area (Å²) in [5.74, 6) is 0.825. The van der Waals surface area contributed by atoms with Gasteiger partial charge in [0.2, 0.25) is 0 Å². The topological polar surface area (TPSA) is 66.7 Å². The minimum Gasteiger partial charge on any atom is -0.396 e.